The van der Waals surface area contributed by atoms with Crippen molar-refractivity contribution in [1.29, 1.82) is 0 Å². The number of hydrogen-bond donors (Lipinski definition) is 1. The molecule has 1 aromatic carbocycles. The van der Waals surface area contributed by atoms with Crippen LogP contribution in [0.1, 0.15) is 48.4 Å². The lowest BCUT2D eigenvalue weighted by atomic mass is 10.1. The van der Waals surface area contributed by atoms with E-state index in [-0.39, 0.29) is 12.0 Å². The van der Waals surface area contributed by atoms with E-state index in [2.05, 4.69) is 34.0 Å². The minimum Gasteiger partial charge on any atom is -0.493 e. The van der Waals surface area contributed by atoms with Gasteiger partial charge in [0, 0.05) is 30.9 Å². The molecule has 0 atom stereocenters. The molecule has 0 bridgehead atoms. The summed E-state index contributed by atoms with van der Waals surface area (Å²) >= 11 is 0. The largest absolute Gasteiger partial charge is 0.493 e. The molecule has 7 heteroatoms. The van der Waals surface area contributed by atoms with E-state index in [9.17, 15) is 4.79 Å². The number of rotatable bonds is 7. The fourth-order valence-corrected chi connectivity index (χ4v) is 3.38. The second-order valence-electron chi connectivity index (χ2n) is 7.64. The number of hydrogen-bond acceptors (Lipinski definition) is 6. The molecule has 0 aliphatic carbocycles. The van der Waals surface area contributed by atoms with Crippen molar-refractivity contribution in [3.63, 3.8) is 0 Å². The Morgan fingerprint density at radius 2 is 1.97 bits per heavy atom. The molecular formula is C22H30N4O3. The number of carbonyl (C=O) groups is 1. The number of aromatic nitrogens is 2. The Hall–Kier alpha value is -2.67. The molecule has 29 heavy (non-hydrogen) atoms. The lowest BCUT2D eigenvalue weighted by Gasteiger charge is -2.34. The van der Waals surface area contributed by atoms with Gasteiger partial charge in [-0.15, -0.1) is 0 Å². The first-order valence-electron chi connectivity index (χ1n) is 10.1. The third-order valence-electron chi connectivity index (χ3n) is 5.19. The number of amides is 1. The topological polar surface area (TPSA) is 76.6 Å². The highest BCUT2D eigenvalue weighted by atomic mass is 16.5. The molecule has 0 radical (unpaired) electrons. The van der Waals surface area contributed by atoms with Crippen molar-refractivity contribution in [2.75, 3.05) is 20.2 Å². The number of aryl methyl sites for hydroxylation is 1. The van der Waals surface area contributed by atoms with Gasteiger partial charge in [0.15, 0.2) is 11.5 Å². The van der Waals surface area contributed by atoms with Gasteiger partial charge in [0.2, 0.25) is 0 Å². The van der Waals surface area contributed by atoms with Crippen molar-refractivity contribution in [3.05, 3.63) is 47.5 Å². The molecule has 7 nitrogen and oxygen atoms in total. The molecule has 156 valence electrons. The average Bonchev–Trinajstić information content (AvgIpc) is 2.73. The van der Waals surface area contributed by atoms with E-state index in [1.165, 1.54) is 0 Å². The van der Waals surface area contributed by atoms with E-state index in [0.717, 1.165) is 31.6 Å². The highest BCUT2D eigenvalue weighted by Gasteiger charge is 2.23. The molecule has 3 rings (SSSR count). The maximum atomic E-state index is 12.6. The van der Waals surface area contributed by atoms with E-state index in [0.29, 0.717) is 35.3 Å². The zero-order valence-electron chi connectivity index (χ0n) is 17.6. The second-order valence-corrected chi connectivity index (χ2v) is 7.64. The van der Waals surface area contributed by atoms with E-state index >= 15 is 0 Å². The zero-order chi connectivity index (χ0) is 20.8. The van der Waals surface area contributed by atoms with Crippen LogP contribution in [0, 0.1) is 6.92 Å². The Labute approximate surface area is 172 Å². The Morgan fingerprint density at radius 1 is 1.21 bits per heavy atom. The summed E-state index contributed by atoms with van der Waals surface area (Å²) in [5, 5.41) is 2.88. The van der Waals surface area contributed by atoms with Crippen molar-refractivity contribution in [2.24, 2.45) is 0 Å². The minimum atomic E-state index is -0.186. The van der Waals surface area contributed by atoms with E-state index in [1.54, 1.807) is 37.7 Å². The van der Waals surface area contributed by atoms with Crippen molar-refractivity contribution in [1.82, 2.24) is 20.2 Å². The monoisotopic (exact) mass is 398 g/mol. The molecule has 0 spiro atoms. The van der Waals surface area contributed by atoms with Gasteiger partial charge >= 0.3 is 0 Å². The molecule has 1 N–H and O–H groups in total. The maximum absolute atomic E-state index is 12.6. The van der Waals surface area contributed by atoms with Crippen LogP contribution in [0.4, 0.5) is 0 Å². The number of nitrogens with zero attached hydrogens (tertiary/aromatic N) is 3. The number of ether oxygens (including phenoxy) is 2. The SMILES string of the molecule is COc1ccc(C(=O)NCc2cnc(C)cn2)cc1OC1CCN(C(C)C)CC1. The van der Waals surface area contributed by atoms with Gasteiger partial charge in [0.05, 0.1) is 31.2 Å². The average molecular weight is 399 g/mol. The number of nitrogens with one attached hydrogen (secondary N) is 1. The van der Waals surface area contributed by atoms with E-state index in [1.807, 2.05) is 6.92 Å². The summed E-state index contributed by atoms with van der Waals surface area (Å²) in [6.45, 7) is 8.66. The standard InChI is InChI=1S/C22H30N4O3/c1-15(2)26-9-7-19(8-10-26)29-21-11-17(5-6-20(21)28-4)22(27)25-14-18-13-23-16(3)12-24-18/h5-6,11-13,15,19H,7-10,14H2,1-4H3,(H,25,27). The Balaban J connectivity index is 1.63. The highest BCUT2D eigenvalue weighted by Crippen LogP contribution is 2.31. The molecule has 0 saturated carbocycles. The van der Waals surface area contributed by atoms with Gasteiger partial charge in [-0.1, -0.05) is 0 Å². The van der Waals surface area contributed by atoms with Crippen molar-refractivity contribution >= 4 is 5.91 Å². The summed E-state index contributed by atoms with van der Waals surface area (Å²) in [6, 6.07) is 5.82. The maximum Gasteiger partial charge on any atom is 0.251 e. The van der Waals surface area contributed by atoms with Crippen LogP contribution in [-0.2, 0) is 6.54 Å². The molecular weight excluding hydrogens is 368 g/mol. The van der Waals surface area contributed by atoms with Crippen LogP contribution in [-0.4, -0.2) is 53.1 Å². The van der Waals surface area contributed by atoms with Crippen LogP contribution in [0.3, 0.4) is 0 Å². The predicted octanol–water partition coefficient (Wildman–Crippen LogP) is 2.98. The summed E-state index contributed by atoms with van der Waals surface area (Å²) < 4.78 is 11.7. The first-order chi connectivity index (χ1) is 14.0. The third kappa shape index (κ3) is 5.67. The quantitative estimate of drug-likeness (QED) is 0.773. The summed E-state index contributed by atoms with van der Waals surface area (Å²) in [5.74, 6) is 1.06. The van der Waals surface area contributed by atoms with Crippen LogP contribution in [0.15, 0.2) is 30.6 Å². The van der Waals surface area contributed by atoms with Gasteiger partial charge in [-0.25, -0.2) is 0 Å². The Morgan fingerprint density at radius 3 is 2.59 bits per heavy atom. The summed E-state index contributed by atoms with van der Waals surface area (Å²) in [5.41, 5.74) is 2.09. The first-order valence-corrected chi connectivity index (χ1v) is 10.1. The van der Waals surface area contributed by atoms with Crippen LogP contribution < -0.4 is 14.8 Å². The van der Waals surface area contributed by atoms with Crippen LogP contribution >= 0.6 is 0 Å². The number of carbonyl (C=O) groups excluding carboxylic acids is 1. The van der Waals surface area contributed by atoms with Gasteiger partial charge in [-0.2, -0.15) is 0 Å². The van der Waals surface area contributed by atoms with Crippen molar-refractivity contribution < 1.29 is 14.3 Å². The van der Waals surface area contributed by atoms with E-state index in [4.69, 9.17) is 9.47 Å². The summed E-state index contributed by atoms with van der Waals surface area (Å²) in [6.07, 6.45) is 5.40. The molecule has 2 heterocycles. The van der Waals surface area contributed by atoms with Crippen LogP contribution in [0.5, 0.6) is 11.5 Å². The Bertz CT molecular complexity index is 815. The minimum absolute atomic E-state index is 0.125. The number of piperidine rings is 1. The lowest BCUT2D eigenvalue weighted by molar-refractivity contribution is 0.0819. The number of likely N-dealkylation sites (tertiary alicyclic amines) is 1. The molecule has 1 aromatic heterocycles. The van der Waals surface area contributed by atoms with Crippen molar-refractivity contribution in [3.8, 4) is 11.5 Å². The van der Waals surface area contributed by atoms with Crippen LogP contribution in [0.25, 0.3) is 0 Å². The predicted molar refractivity (Wildman–Crippen MR) is 111 cm³/mol. The molecule has 2 aromatic rings. The summed E-state index contributed by atoms with van der Waals surface area (Å²) in [4.78, 5) is 23.5. The first kappa shape index (κ1) is 21.0. The third-order valence-corrected chi connectivity index (χ3v) is 5.19. The molecule has 1 fully saturated rings. The van der Waals surface area contributed by atoms with Crippen LogP contribution in [0.2, 0.25) is 0 Å². The Kier molecular flexibility index (Phi) is 7.04. The second kappa shape index (κ2) is 9.69. The molecule has 0 unspecified atom stereocenters. The lowest BCUT2D eigenvalue weighted by Crippen LogP contribution is -2.41. The molecule has 1 aliphatic heterocycles. The number of methoxy groups -OCH3 is 1. The van der Waals surface area contributed by atoms with Crippen molar-refractivity contribution in [2.45, 2.75) is 52.3 Å². The molecule has 1 amide bonds. The highest BCUT2D eigenvalue weighted by molar-refractivity contribution is 5.94. The zero-order valence-corrected chi connectivity index (χ0v) is 17.6. The normalized spacial score (nSPS) is 15.3. The molecule has 1 aliphatic rings. The van der Waals surface area contributed by atoms with Gasteiger partial charge in [0.1, 0.15) is 6.10 Å². The fraction of sp³-hybridized carbons (Fsp3) is 0.500. The van der Waals surface area contributed by atoms with Gasteiger partial charge in [0.25, 0.3) is 5.91 Å². The van der Waals surface area contributed by atoms with Gasteiger partial charge in [-0.05, 0) is 51.8 Å². The summed E-state index contributed by atoms with van der Waals surface area (Å²) in [7, 11) is 1.61. The smallest absolute Gasteiger partial charge is 0.251 e. The van der Waals surface area contributed by atoms with Gasteiger partial charge < -0.3 is 19.7 Å². The fourth-order valence-electron chi connectivity index (χ4n) is 3.38. The molecule has 1 saturated heterocycles. The number of benzene rings is 1. The van der Waals surface area contributed by atoms with E-state index < -0.39 is 0 Å². The van der Waals surface area contributed by atoms with Gasteiger partial charge in [-0.3, -0.25) is 14.8 Å².